The van der Waals surface area contributed by atoms with Gasteiger partial charge in [0.05, 0.1) is 6.61 Å². The van der Waals surface area contributed by atoms with Crippen LogP contribution in [0.4, 0.5) is 0 Å². The zero-order valence-corrected chi connectivity index (χ0v) is 27.3. The Morgan fingerprint density at radius 2 is 0.771 bits per heavy atom. The zero-order valence-electron chi connectivity index (χ0n) is 23.9. The van der Waals surface area contributed by atoms with Gasteiger partial charge < -0.3 is 4.52 Å². The molecule has 35 heavy (non-hydrogen) atoms. The molecule has 0 saturated carbocycles. The predicted molar refractivity (Wildman–Crippen MR) is 173 cm³/mol. The highest BCUT2D eigenvalue weighted by Gasteiger charge is 2.12. The second-order valence-electron chi connectivity index (χ2n) is 10.6. The number of unbranched alkanes of at least 4 members (excludes halogenated alkanes) is 24. The molecule has 0 fully saturated rings. The molecule has 0 N–H and O–H groups in total. The van der Waals surface area contributed by atoms with E-state index in [9.17, 15) is 0 Å². The molecule has 0 heterocycles. The van der Waals surface area contributed by atoms with E-state index in [-0.39, 0.29) is 0 Å². The summed E-state index contributed by atoms with van der Waals surface area (Å²) in [6.45, 7) is 5.39. The molecule has 0 aliphatic rings. The summed E-state index contributed by atoms with van der Waals surface area (Å²) in [6.07, 6.45) is 36.3. The molecule has 0 amide bonds. The van der Waals surface area contributed by atoms with Gasteiger partial charge in [0.15, 0.2) is 4.67 Å². The van der Waals surface area contributed by atoms with Gasteiger partial charge in [0.25, 0.3) is 0 Å². The van der Waals surface area contributed by atoms with Gasteiger partial charge in [-0.2, -0.15) is 0 Å². The summed E-state index contributed by atoms with van der Waals surface area (Å²) in [5.41, 5.74) is 0. The zero-order chi connectivity index (χ0) is 25.7. The maximum Gasteiger partial charge on any atom is 0.171 e. The molecule has 0 radical (unpaired) electrons. The number of rotatable bonds is 30. The highest BCUT2D eigenvalue weighted by molar-refractivity contribution is 8.95. The average Bonchev–Trinajstić information content (AvgIpc) is 2.84. The van der Waals surface area contributed by atoms with Crippen molar-refractivity contribution in [2.45, 2.75) is 181 Å². The summed E-state index contributed by atoms with van der Waals surface area (Å²) in [5, 5.41) is 0. The first kappa shape index (κ1) is 36.3. The van der Waals surface area contributed by atoms with Crippen molar-refractivity contribution in [2.24, 2.45) is 0 Å². The number of hydrogen-bond acceptors (Lipinski definition) is 3. The van der Waals surface area contributed by atoms with E-state index in [2.05, 4.69) is 26.1 Å². The van der Waals surface area contributed by atoms with Crippen LogP contribution in [0.3, 0.4) is 0 Å². The van der Waals surface area contributed by atoms with Gasteiger partial charge in [-0.15, -0.1) is 12.2 Å². The van der Waals surface area contributed by atoms with Crippen LogP contribution in [0.15, 0.2) is 0 Å². The van der Waals surface area contributed by atoms with E-state index in [1.807, 2.05) is 11.4 Å². The van der Waals surface area contributed by atoms with E-state index in [0.717, 1.165) is 18.8 Å². The van der Waals surface area contributed by atoms with Crippen molar-refractivity contribution in [3.63, 3.8) is 0 Å². The lowest BCUT2D eigenvalue weighted by Crippen LogP contribution is -1.90. The standard InChI is InChI=1S/C30H63OPS3/c1-3-5-7-9-11-13-15-17-19-21-23-25-27-29-31-32(33,34)35-30-28-26-24-22-20-18-16-14-12-10-8-6-4-2/h3-30H2,1-2H3,(H,33,34). The minimum Gasteiger partial charge on any atom is -0.334 e. The third-order valence-corrected chi connectivity index (χ3v) is 12.8. The van der Waals surface area contributed by atoms with Crippen molar-refractivity contribution in [2.75, 3.05) is 12.4 Å². The quantitative estimate of drug-likeness (QED) is 0.0526. The molecule has 0 aliphatic carbocycles. The van der Waals surface area contributed by atoms with E-state index in [0.29, 0.717) is 0 Å². The molecule has 0 aliphatic heterocycles. The Kier molecular flexibility index (Phi) is 31.0. The van der Waals surface area contributed by atoms with Gasteiger partial charge in [0.1, 0.15) is 0 Å². The van der Waals surface area contributed by atoms with Crippen LogP contribution in [0.5, 0.6) is 0 Å². The lowest BCUT2D eigenvalue weighted by Gasteiger charge is -2.15. The molecule has 5 heteroatoms. The molecule has 212 valence electrons. The van der Waals surface area contributed by atoms with Gasteiger partial charge in [0, 0.05) is 5.75 Å². The van der Waals surface area contributed by atoms with Crippen LogP contribution in [-0.4, -0.2) is 12.4 Å². The van der Waals surface area contributed by atoms with Crippen LogP contribution >= 0.6 is 28.3 Å². The van der Waals surface area contributed by atoms with Crippen molar-refractivity contribution in [3.05, 3.63) is 0 Å². The molecule has 0 aromatic heterocycles. The minimum absolute atomic E-state index is 0.810. The molecule has 0 aromatic rings. The number of hydrogen-bond donors (Lipinski definition) is 1. The number of thiol groups is 1. The first-order valence-electron chi connectivity index (χ1n) is 15.7. The van der Waals surface area contributed by atoms with Crippen molar-refractivity contribution >= 4 is 40.1 Å². The molecule has 1 nitrogen and oxygen atoms in total. The summed E-state index contributed by atoms with van der Waals surface area (Å²) >= 11 is 12.1. The van der Waals surface area contributed by atoms with Gasteiger partial charge in [-0.1, -0.05) is 179 Å². The largest absolute Gasteiger partial charge is 0.334 e. The van der Waals surface area contributed by atoms with Gasteiger partial charge in [-0.05, 0) is 24.6 Å². The Balaban J connectivity index is 3.28. The summed E-state index contributed by atoms with van der Waals surface area (Å²) in [5.74, 6) is 1.12. The molecule has 1 unspecified atom stereocenters. The van der Waals surface area contributed by atoms with E-state index in [4.69, 9.17) is 16.3 Å². The molecule has 1 atom stereocenters. The highest BCUT2D eigenvalue weighted by atomic mass is 33.2. The Morgan fingerprint density at radius 3 is 1.11 bits per heavy atom. The maximum atomic E-state index is 6.00. The second kappa shape index (κ2) is 29.9. The Bertz CT molecular complexity index is 411. The van der Waals surface area contributed by atoms with Crippen molar-refractivity contribution in [3.8, 4) is 0 Å². The van der Waals surface area contributed by atoms with Gasteiger partial charge in [0.2, 0.25) is 0 Å². The smallest absolute Gasteiger partial charge is 0.171 e. The van der Waals surface area contributed by atoms with Gasteiger partial charge in [-0.25, -0.2) is 0 Å². The SMILES string of the molecule is CCCCCCCCCCCCCCCOP(=S)(S)SCCCCCCCCCCCCCCC. The van der Waals surface area contributed by atoms with E-state index >= 15 is 0 Å². The minimum atomic E-state index is -1.92. The lowest BCUT2D eigenvalue weighted by atomic mass is 10.0. The fourth-order valence-corrected chi connectivity index (χ4v) is 9.04. The van der Waals surface area contributed by atoms with Gasteiger partial charge >= 0.3 is 0 Å². The van der Waals surface area contributed by atoms with Crippen LogP contribution < -0.4 is 0 Å². The molecule has 0 bridgehead atoms. The second-order valence-corrected chi connectivity index (χ2v) is 20.3. The molecule has 0 aromatic carbocycles. The summed E-state index contributed by atoms with van der Waals surface area (Å²) in [6, 6.07) is 0. The lowest BCUT2D eigenvalue weighted by molar-refractivity contribution is 0.347. The molecule has 0 spiro atoms. The summed E-state index contributed by atoms with van der Waals surface area (Å²) < 4.78 is 4.08. The van der Waals surface area contributed by atoms with Crippen LogP contribution in [0, 0.1) is 0 Å². The summed E-state index contributed by atoms with van der Waals surface area (Å²) in [4.78, 5) is 0. The average molecular weight is 567 g/mol. The maximum absolute atomic E-state index is 6.00. The Labute approximate surface area is 236 Å². The highest BCUT2D eigenvalue weighted by Crippen LogP contribution is 2.64. The van der Waals surface area contributed by atoms with Crippen LogP contribution in [0.2, 0.25) is 0 Å². The van der Waals surface area contributed by atoms with Crippen LogP contribution in [0.1, 0.15) is 181 Å². The normalized spacial score (nSPS) is 13.3. The van der Waals surface area contributed by atoms with Crippen LogP contribution in [0.25, 0.3) is 0 Å². The third-order valence-electron chi connectivity index (χ3n) is 7.00. The first-order chi connectivity index (χ1) is 17.1. The predicted octanol–water partition coefficient (Wildman–Crippen LogP) is 13.1. The first-order valence-corrected chi connectivity index (χ1v) is 21.2. The van der Waals surface area contributed by atoms with Gasteiger partial charge in [-0.3, -0.25) is 0 Å². The van der Waals surface area contributed by atoms with E-state index in [1.165, 1.54) is 161 Å². The van der Waals surface area contributed by atoms with Crippen molar-refractivity contribution < 1.29 is 4.52 Å². The fourth-order valence-electron chi connectivity index (χ4n) is 4.64. The van der Waals surface area contributed by atoms with Crippen molar-refractivity contribution in [1.82, 2.24) is 0 Å². The summed E-state index contributed by atoms with van der Waals surface area (Å²) in [7, 11) is 0. The van der Waals surface area contributed by atoms with Crippen LogP contribution in [-0.2, 0) is 16.3 Å². The van der Waals surface area contributed by atoms with E-state index in [1.54, 1.807) is 0 Å². The van der Waals surface area contributed by atoms with E-state index < -0.39 is 4.67 Å². The Hall–Kier alpha value is 1.31. The monoisotopic (exact) mass is 566 g/mol. The topological polar surface area (TPSA) is 9.23 Å². The fraction of sp³-hybridized carbons (Fsp3) is 1.00. The molecular formula is C30H63OPS3. The Morgan fingerprint density at radius 1 is 0.486 bits per heavy atom. The third kappa shape index (κ3) is 31.4. The molecule has 0 rings (SSSR count). The molecular weight excluding hydrogens is 504 g/mol. The molecule has 0 saturated heterocycles. The van der Waals surface area contributed by atoms with Crippen molar-refractivity contribution in [1.29, 1.82) is 0 Å².